The molecular weight excluding hydrogens is 435 g/mol. The molecule has 0 spiro atoms. The monoisotopic (exact) mass is 446 g/mol. The molecule has 0 fully saturated rings. The highest BCUT2D eigenvalue weighted by Crippen LogP contribution is 2.35. The zero-order valence-electron chi connectivity index (χ0n) is 11.5. The molecule has 0 amide bonds. The Morgan fingerprint density at radius 1 is 1.18 bits per heavy atom. The third-order valence-corrected chi connectivity index (χ3v) is 4.32. The first kappa shape index (κ1) is 17.3. The van der Waals surface area contributed by atoms with Crippen molar-refractivity contribution in [2.75, 3.05) is 0 Å². The van der Waals surface area contributed by atoms with E-state index in [1.54, 1.807) is 6.07 Å². The van der Waals surface area contributed by atoms with Crippen molar-refractivity contribution in [1.29, 1.82) is 0 Å². The van der Waals surface area contributed by atoms with E-state index in [1.807, 2.05) is 30.3 Å². The van der Waals surface area contributed by atoms with Crippen molar-refractivity contribution < 1.29 is 14.6 Å². The van der Waals surface area contributed by atoms with Gasteiger partial charge in [0.05, 0.1) is 9.50 Å². The van der Waals surface area contributed by atoms with Gasteiger partial charge in [-0.1, -0.05) is 39.7 Å². The lowest BCUT2D eigenvalue weighted by molar-refractivity contribution is -0.136. The van der Waals surface area contributed by atoms with Crippen LogP contribution in [0.15, 0.2) is 45.3 Å². The van der Waals surface area contributed by atoms with Gasteiger partial charge in [0, 0.05) is 10.9 Å². The molecule has 0 bridgehead atoms. The van der Waals surface area contributed by atoms with Crippen molar-refractivity contribution in [3.05, 3.63) is 61.5 Å². The van der Waals surface area contributed by atoms with Gasteiger partial charge in [-0.2, -0.15) is 0 Å². The molecule has 2 aromatic rings. The molecular formula is C16H13Br2ClO3. The summed E-state index contributed by atoms with van der Waals surface area (Å²) < 4.78 is 7.48. The average Bonchev–Trinajstić information content (AvgIpc) is 2.44. The number of carboxylic acid groups (broad SMARTS) is 1. The van der Waals surface area contributed by atoms with E-state index in [0.29, 0.717) is 23.8 Å². The molecule has 1 N–H and O–H groups in total. The predicted octanol–water partition coefficient (Wildman–Crippen LogP) is 5.46. The van der Waals surface area contributed by atoms with E-state index in [1.165, 1.54) is 0 Å². The molecule has 0 saturated carbocycles. The molecule has 3 nitrogen and oxygen atoms in total. The quantitative estimate of drug-likeness (QED) is 0.638. The molecule has 2 aromatic carbocycles. The van der Waals surface area contributed by atoms with Crippen LogP contribution in [-0.4, -0.2) is 11.1 Å². The fourth-order valence-corrected chi connectivity index (χ4v) is 3.41. The summed E-state index contributed by atoms with van der Waals surface area (Å²) in [5.41, 5.74) is 1.88. The summed E-state index contributed by atoms with van der Waals surface area (Å²) in [4.78, 5) is 10.6. The molecule has 0 heterocycles. The Bertz CT molecular complexity index is 666. The van der Waals surface area contributed by atoms with Gasteiger partial charge in [0.15, 0.2) is 5.75 Å². The first-order valence-corrected chi connectivity index (χ1v) is 8.49. The van der Waals surface area contributed by atoms with E-state index >= 15 is 0 Å². The van der Waals surface area contributed by atoms with Crippen LogP contribution in [0, 0.1) is 0 Å². The number of carboxylic acids is 1. The average molecular weight is 449 g/mol. The fraction of sp³-hybridized carbons (Fsp3) is 0.188. The van der Waals surface area contributed by atoms with Gasteiger partial charge < -0.3 is 9.84 Å². The van der Waals surface area contributed by atoms with Crippen molar-refractivity contribution in [3.63, 3.8) is 0 Å². The Morgan fingerprint density at radius 3 is 2.59 bits per heavy atom. The SMILES string of the molecule is O=C(O)CCc1cc(Cl)c(OCc2cccc(Br)c2)c(Br)c1. The summed E-state index contributed by atoms with van der Waals surface area (Å²) in [7, 11) is 0. The van der Waals surface area contributed by atoms with Gasteiger partial charge in [-0.15, -0.1) is 0 Å². The minimum absolute atomic E-state index is 0.0705. The number of aryl methyl sites for hydroxylation is 1. The Labute approximate surface area is 150 Å². The highest BCUT2D eigenvalue weighted by molar-refractivity contribution is 9.10. The van der Waals surface area contributed by atoms with Crippen LogP contribution in [0.5, 0.6) is 5.75 Å². The number of aliphatic carboxylic acids is 1. The topological polar surface area (TPSA) is 46.5 Å². The normalized spacial score (nSPS) is 10.5. The maximum Gasteiger partial charge on any atom is 0.303 e. The van der Waals surface area contributed by atoms with Gasteiger partial charge in [-0.3, -0.25) is 4.79 Å². The standard InChI is InChI=1S/C16H13Br2ClO3/c17-12-3-1-2-11(6-12)9-22-16-13(18)7-10(8-14(16)19)4-5-15(20)21/h1-3,6-8H,4-5,9H2,(H,20,21). The van der Waals surface area contributed by atoms with Crippen LogP contribution >= 0.6 is 43.5 Å². The summed E-state index contributed by atoms with van der Waals surface area (Å²) >= 11 is 13.1. The third kappa shape index (κ3) is 5.00. The lowest BCUT2D eigenvalue weighted by Crippen LogP contribution is -2.00. The van der Waals surface area contributed by atoms with Crippen molar-refractivity contribution in [2.45, 2.75) is 19.4 Å². The molecule has 0 aliphatic heterocycles. The van der Waals surface area contributed by atoms with Crippen LogP contribution < -0.4 is 4.74 Å². The zero-order chi connectivity index (χ0) is 16.1. The van der Waals surface area contributed by atoms with Gasteiger partial charge in [-0.05, 0) is 57.7 Å². The second kappa shape index (κ2) is 7.99. The minimum Gasteiger partial charge on any atom is -0.486 e. The summed E-state index contributed by atoms with van der Waals surface area (Å²) in [6.07, 6.45) is 0.501. The Morgan fingerprint density at radius 2 is 1.95 bits per heavy atom. The van der Waals surface area contributed by atoms with Crippen LogP contribution in [0.4, 0.5) is 0 Å². The molecule has 0 atom stereocenters. The third-order valence-electron chi connectivity index (χ3n) is 2.96. The van der Waals surface area contributed by atoms with Crippen LogP contribution in [-0.2, 0) is 17.8 Å². The Balaban J connectivity index is 2.09. The van der Waals surface area contributed by atoms with Crippen LogP contribution in [0.1, 0.15) is 17.5 Å². The fourth-order valence-electron chi connectivity index (χ4n) is 1.93. The zero-order valence-corrected chi connectivity index (χ0v) is 15.4. The summed E-state index contributed by atoms with van der Waals surface area (Å²) in [5, 5.41) is 9.19. The van der Waals surface area contributed by atoms with Gasteiger partial charge in [-0.25, -0.2) is 0 Å². The predicted molar refractivity (Wildman–Crippen MR) is 93.6 cm³/mol. The van der Waals surface area contributed by atoms with Gasteiger partial charge >= 0.3 is 5.97 Å². The highest BCUT2D eigenvalue weighted by Gasteiger charge is 2.11. The molecule has 0 unspecified atom stereocenters. The molecule has 0 radical (unpaired) electrons. The number of halogens is 3. The van der Waals surface area contributed by atoms with E-state index in [4.69, 9.17) is 21.4 Å². The van der Waals surface area contributed by atoms with Gasteiger partial charge in [0.25, 0.3) is 0 Å². The Kier molecular flexibility index (Phi) is 6.29. The van der Waals surface area contributed by atoms with Crippen molar-refractivity contribution in [3.8, 4) is 5.75 Å². The van der Waals surface area contributed by atoms with E-state index in [2.05, 4.69) is 31.9 Å². The number of hydrogen-bond acceptors (Lipinski definition) is 2. The minimum atomic E-state index is -0.831. The highest BCUT2D eigenvalue weighted by atomic mass is 79.9. The summed E-state index contributed by atoms with van der Waals surface area (Å²) in [6.45, 7) is 0.395. The maximum atomic E-state index is 10.6. The lowest BCUT2D eigenvalue weighted by atomic mass is 10.1. The lowest BCUT2D eigenvalue weighted by Gasteiger charge is -2.12. The van der Waals surface area contributed by atoms with Gasteiger partial charge in [0.1, 0.15) is 6.61 Å². The first-order valence-electron chi connectivity index (χ1n) is 6.52. The first-order chi connectivity index (χ1) is 10.5. The van der Waals surface area contributed by atoms with Crippen molar-refractivity contribution >= 4 is 49.4 Å². The molecule has 6 heteroatoms. The number of rotatable bonds is 6. The van der Waals surface area contributed by atoms with Crippen molar-refractivity contribution in [1.82, 2.24) is 0 Å². The van der Waals surface area contributed by atoms with Gasteiger partial charge in [0.2, 0.25) is 0 Å². The number of hydrogen-bond donors (Lipinski definition) is 1. The number of carbonyl (C=O) groups is 1. The Hall–Kier alpha value is -1.04. The van der Waals surface area contributed by atoms with E-state index in [9.17, 15) is 4.79 Å². The molecule has 0 aromatic heterocycles. The second-order valence-corrected chi connectivity index (χ2v) is 6.88. The van der Waals surface area contributed by atoms with E-state index in [-0.39, 0.29) is 6.42 Å². The molecule has 2 rings (SSSR count). The molecule has 0 saturated heterocycles. The number of benzene rings is 2. The molecule has 116 valence electrons. The largest absolute Gasteiger partial charge is 0.486 e. The smallest absolute Gasteiger partial charge is 0.303 e. The number of ether oxygens (including phenoxy) is 1. The summed E-state index contributed by atoms with van der Waals surface area (Å²) in [6, 6.07) is 11.4. The van der Waals surface area contributed by atoms with Crippen LogP contribution in [0.2, 0.25) is 5.02 Å². The van der Waals surface area contributed by atoms with Crippen LogP contribution in [0.25, 0.3) is 0 Å². The van der Waals surface area contributed by atoms with E-state index < -0.39 is 5.97 Å². The maximum absolute atomic E-state index is 10.6. The molecule has 22 heavy (non-hydrogen) atoms. The second-order valence-electron chi connectivity index (χ2n) is 4.70. The van der Waals surface area contributed by atoms with Crippen LogP contribution in [0.3, 0.4) is 0 Å². The van der Waals surface area contributed by atoms with Crippen molar-refractivity contribution in [2.24, 2.45) is 0 Å². The molecule has 0 aliphatic rings. The molecule has 0 aliphatic carbocycles. The summed E-state index contributed by atoms with van der Waals surface area (Å²) in [5.74, 6) is -0.275. The van der Waals surface area contributed by atoms with E-state index in [0.717, 1.165) is 20.1 Å².